The van der Waals surface area contributed by atoms with E-state index in [2.05, 4.69) is 14.7 Å². The molecule has 33 heavy (non-hydrogen) atoms. The molecule has 0 N–H and O–H groups in total. The minimum absolute atomic E-state index is 0.0173. The molecule has 3 aromatic rings. The number of carbonyl (C=O) groups is 1. The summed E-state index contributed by atoms with van der Waals surface area (Å²) in [5.74, 6) is -0.455. The van der Waals surface area contributed by atoms with Gasteiger partial charge in [0.15, 0.2) is 0 Å². The molecule has 0 spiro atoms. The highest BCUT2D eigenvalue weighted by Gasteiger charge is 2.31. The fraction of sp³-hybridized carbons (Fsp3) is 0.348. The largest absolute Gasteiger partial charge is 0.573 e. The summed E-state index contributed by atoms with van der Waals surface area (Å²) < 4.78 is 48.3. The maximum Gasteiger partial charge on any atom is 0.573 e. The molecule has 0 radical (unpaired) electrons. The van der Waals surface area contributed by atoms with Gasteiger partial charge in [-0.3, -0.25) is 9.78 Å². The van der Waals surface area contributed by atoms with Crippen LogP contribution in [0.3, 0.4) is 0 Å². The van der Waals surface area contributed by atoms with Crippen molar-refractivity contribution in [1.82, 2.24) is 19.4 Å². The van der Waals surface area contributed by atoms with Crippen LogP contribution in [-0.2, 0) is 18.3 Å². The second-order valence-electron chi connectivity index (χ2n) is 7.82. The number of imidazole rings is 1. The molecule has 1 aliphatic rings. The molecule has 4 rings (SSSR count). The van der Waals surface area contributed by atoms with Crippen molar-refractivity contribution < 1.29 is 27.4 Å². The first-order chi connectivity index (χ1) is 15.8. The van der Waals surface area contributed by atoms with Crippen molar-refractivity contribution in [3.8, 4) is 17.0 Å². The van der Waals surface area contributed by atoms with Crippen molar-refractivity contribution in [2.45, 2.75) is 31.8 Å². The van der Waals surface area contributed by atoms with Crippen molar-refractivity contribution in [2.24, 2.45) is 7.05 Å². The first-order valence-electron chi connectivity index (χ1n) is 10.5. The molecule has 0 atom stereocenters. The average Bonchev–Trinajstić information content (AvgIpc) is 3.23. The smallest absolute Gasteiger partial charge is 0.406 e. The number of hydrogen-bond donors (Lipinski definition) is 0. The fourth-order valence-electron chi connectivity index (χ4n) is 3.79. The highest BCUT2D eigenvalue weighted by atomic mass is 19.4. The van der Waals surface area contributed by atoms with E-state index >= 15 is 0 Å². The van der Waals surface area contributed by atoms with Crippen molar-refractivity contribution in [2.75, 3.05) is 13.2 Å². The highest BCUT2D eigenvalue weighted by Crippen LogP contribution is 2.27. The van der Waals surface area contributed by atoms with Gasteiger partial charge in [-0.1, -0.05) is 0 Å². The topological polar surface area (TPSA) is 69.5 Å². The average molecular weight is 460 g/mol. The number of halogens is 3. The molecule has 0 unspecified atom stereocenters. The molecule has 2 aromatic heterocycles. The predicted molar refractivity (Wildman–Crippen MR) is 113 cm³/mol. The van der Waals surface area contributed by atoms with E-state index in [-0.39, 0.29) is 17.7 Å². The van der Waals surface area contributed by atoms with E-state index in [1.165, 1.54) is 24.3 Å². The molecular formula is C23H23F3N4O3. The number of rotatable bonds is 6. The van der Waals surface area contributed by atoms with E-state index in [0.717, 1.165) is 18.4 Å². The zero-order valence-electron chi connectivity index (χ0n) is 18.0. The van der Waals surface area contributed by atoms with Crippen LogP contribution in [0.15, 0.2) is 55.1 Å². The van der Waals surface area contributed by atoms with Gasteiger partial charge in [-0.25, -0.2) is 4.98 Å². The third-order valence-electron chi connectivity index (χ3n) is 5.38. The molecule has 0 bridgehead atoms. The third kappa shape index (κ3) is 5.89. The molecule has 174 valence electrons. The molecule has 1 amide bonds. The Balaban J connectivity index is 1.55. The van der Waals surface area contributed by atoms with Crippen LogP contribution in [0.25, 0.3) is 11.3 Å². The molecule has 1 saturated heterocycles. The van der Waals surface area contributed by atoms with Crippen LogP contribution in [0, 0.1) is 0 Å². The number of nitrogens with zero attached hydrogens (tertiary/aromatic N) is 4. The molecule has 0 saturated carbocycles. The Bertz CT molecular complexity index is 1090. The molecular weight excluding hydrogens is 437 g/mol. The Labute approximate surface area is 188 Å². The van der Waals surface area contributed by atoms with Crippen molar-refractivity contribution in [1.29, 1.82) is 0 Å². The molecule has 0 aliphatic carbocycles. The molecule has 1 fully saturated rings. The van der Waals surface area contributed by atoms with Crippen molar-refractivity contribution >= 4 is 5.91 Å². The van der Waals surface area contributed by atoms with Gasteiger partial charge in [0.25, 0.3) is 5.91 Å². The standard InChI is InChI=1S/C23H23F3N4O3/c1-29-14-21(28-15-29)22(31)30(18-7-10-32-11-8-18)13-16-6-9-27-20(12-16)17-2-4-19(5-3-17)33-23(24,25)26/h2-6,9,12,14-15,18H,7-8,10-11,13H2,1H3. The predicted octanol–water partition coefficient (Wildman–Crippen LogP) is 4.20. The van der Waals surface area contributed by atoms with Crippen molar-refractivity contribution in [3.05, 3.63) is 66.4 Å². The summed E-state index contributed by atoms with van der Waals surface area (Å²) in [4.78, 5) is 23.6. The van der Waals surface area contributed by atoms with Gasteiger partial charge >= 0.3 is 6.36 Å². The summed E-state index contributed by atoms with van der Waals surface area (Å²) in [5, 5.41) is 0. The highest BCUT2D eigenvalue weighted by molar-refractivity contribution is 5.92. The van der Waals surface area contributed by atoms with Gasteiger partial charge in [0.1, 0.15) is 11.4 Å². The van der Waals surface area contributed by atoms with E-state index in [0.29, 0.717) is 36.7 Å². The van der Waals surface area contributed by atoms with E-state index in [1.807, 2.05) is 24.1 Å². The minimum Gasteiger partial charge on any atom is -0.406 e. The Morgan fingerprint density at radius 1 is 1.18 bits per heavy atom. The number of hydrogen-bond acceptors (Lipinski definition) is 5. The van der Waals surface area contributed by atoms with E-state index in [4.69, 9.17) is 4.74 Å². The van der Waals surface area contributed by atoms with Crippen molar-refractivity contribution in [3.63, 3.8) is 0 Å². The number of aryl methyl sites for hydroxylation is 1. The summed E-state index contributed by atoms with van der Waals surface area (Å²) in [7, 11) is 1.81. The summed E-state index contributed by atoms with van der Waals surface area (Å²) in [6.07, 6.45) is 1.63. The number of benzene rings is 1. The van der Waals surface area contributed by atoms with Gasteiger partial charge in [0.05, 0.1) is 12.0 Å². The van der Waals surface area contributed by atoms with Gasteiger partial charge in [-0.15, -0.1) is 13.2 Å². The zero-order chi connectivity index (χ0) is 23.4. The van der Waals surface area contributed by atoms with Crippen LogP contribution < -0.4 is 4.74 Å². The summed E-state index contributed by atoms with van der Waals surface area (Å²) in [6.45, 7) is 1.53. The maximum absolute atomic E-state index is 13.3. The van der Waals surface area contributed by atoms with Gasteiger partial charge in [0.2, 0.25) is 0 Å². The summed E-state index contributed by atoms with van der Waals surface area (Å²) in [5.41, 5.74) is 2.45. The number of alkyl halides is 3. The number of pyridine rings is 1. The quantitative estimate of drug-likeness (QED) is 0.552. The maximum atomic E-state index is 13.3. The van der Waals surface area contributed by atoms with Crippen LogP contribution in [0.2, 0.25) is 0 Å². The van der Waals surface area contributed by atoms with E-state index in [9.17, 15) is 18.0 Å². The number of ether oxygens (including phenoxy) is 2. The lowest BCUT2D eigenvalue weighted by atomic mass is 10.0. The molecule has 7 nitrogen and oxygen atoms in total. The lowest BCUT2D eigenvalue weighted by Crippen LogP contribution is -2.43. The van der Waals surface area contributed by atoms with Crippen LogP contribution in [0.1, 0.15) is 28.9 Å². The SMILES string of the molecule is Cn1cnc(C(=O)N(Cc2ccnc(-c3ccc(OC(F)(F)F)cc3)c2)C2CCOCC2)c1. The van der Waals surface area contributed by atoms with Gasteiger partial charge < -0.3 is 18.9 Å². The van der Waals surface area contributed by atoms with Gasteiger partial charge in [-0.2, -0.15) is 0 Å². The van der Waals surface area contributed by atoms with Crippen LogP contribution >= 0.6 is 0 Å². The van der Waals surface area contributed by atoms with Crippen LogP contribution in [0.5, 0.6) is 5.75 Å². The third-order valence-corrected chi connectivity index (χ3v) is 5.38. The first kappa shape index (κ1) is 22.8. The summed E-state index contributed by atoms with van der Waals surface area (Å²) in [6, 6.07) is 9.20. The lowest BCUT2D eigenvalue weighted by Gasteiger charge is -2.34. The number of amides is 1. The van der Waals surface area contributed by atoms with Crippen LogP contribution in [0.4, 0.5) is 13.2 Å². The minimum atomic E-state index is -4.74. The molecule has 10 heteroatoms. The summed E-state index contributed by atoms with van der Waals surface area (Å²) >= 11 is 0. The first-order valence-corrected chi connectivity index (χ1v) is 10.5. The van der Waals surface area contributed by atoms with E-state index < -0.39 is 6.36 Å². The normalized spacial score (nSPS) is 14.8. The van der Waals surface area contributed by atoms with Gasteiger partial charge in [0, 0.05) is 50.8 Å². The molecule has 1 aliphatic heterocycles. The van der Waals surface area contributed by atoms with Gasteiger partial charge in [-0.05, 0) is 54.8 Å². The second kappa shape index (κ2) is 9.62. The van der Waals surface area contributed by atoms with E-state index in [1.54, 1.807) is 23.3 Å². The Kier molecular flexibility index (Phi) is 6.64. The molecule has 3 heterocycles. The number of aromatic nitrogens is 3. The van der Waals surface area contributed by atoms with Crippen LogP contribution in [-0.4, -0.2) is 51.0 Å². The fourth-order valence-corrected chi connectivity index (χ4v) is 3.79. The Hall–Kier alpha value is -3.40. The Morgan fingerprint density at radius 2 is 1.91 bits per heavy atom. The molecule has 1 aromatic carbocycles. The zero-order valence-corrected chi connectivity index (χ0v) is 18.0. The lowest BCUT2D eigenvalue weighted by molar-refractivity contribution is -0.274. The monoisotopic (exact) mass is 460 g/mol. The number of carbonyl (C=O) groups excluding carboxylic acids is 1. The Morgan fingerprint density at radius 3 is 2.55 bits per heavy atom. The second-order valence-corrected chi connectivity index (χ2v) is 7.82.